The molecule has 246 valence electrons. The average Bonchev–Trinajstić information content (AvgIpc) is 3.75. The summed E-state index contributed by atoms with van der Waals surface area (Å²) in [6, 6.07) is 24.0. The Hall–Kier alpha value is -5.42. The van der Waals surface area contributed by atoms with Crippen molar-refractivity contribution in [1.29, 1.82) is 0 Å². The number of amidine groups is 2. The van der Waals surface area contributed by atoms with Crippen molar-refractivity contribution < 1.29 is 4.42 Å². The number of hydrogen-bond donors (Lipinski definition) is 1. The Morgan fingerprint density at radius 1 is 0.800 bits per heavy atom. The molecule has 0 saturated heterocycles. The summed E-state index contributed by atoms with van der Waals surface area (Å²) < 4.78 is 6.85. The van der Waals surface area contributed by atoms with E-state index in [1.807, 2.05) is 0 Å². The van der Waals surface area contributed by atoms with Crippen LogP contribution in [-0.4, -0.2) is 23.9 Å². The summed E-state index contributed by atoms with van der Waals surface area (Å²) in [6.45, 7) is 0. The molecule has 5 heteroatoms. The van der Waals surface area contributed by atoms with Crippen molar-refractivity contribution in [2.75, 3.05) is 4.90 Å². The minimum Gasteiger partial charge on any atom is -0.454 e. The summed E-state index contributed by atoms with van der Waals surface area (Å²) in [7, 11) is 0. The average molecular weight is 653 g/mol. The summed E-state index contributed by atoms with van der Waals surface area (Å²) >= 11 is 0. The highest BCUT2D eigenvalue weighted by molar-refractivity contribution is 6.24. The SMILES string of the molecule is C1=CC2C3=C(C=CCC3)N(c3cccc4c3oc3cccc(C5=NC(C6C=CCCC6)N=C(C6=CCC(c7ccccc7)C=C6)N5)c34)C2C=C1. The largest absolute Gasteiger partial charge is 0.454 e. The predicted molar refractivity (Wildman–Crippen MR) is 206 cm³/mol. The van der Waals surface area contributed by atoms with E-state index >= 15 is 0 Å². The molecule has 1 aromatic heterocycles. The minimum absolute atomic E-state index is 0.181. The lowest BCUT2D eigenvalue weighted by molar-refractivity contribution is 0.453. The summed E-state index contributed by atoms with van der Waals surface area (Å²) in [5.74, 6) is 2.80. The van der Waals surface area contributed by atoms with Crippen molar-refractivity contribution in [3.63, 3.8) is 0 Å². The number of rotatable bonds is 5. The monoisotopic (exact) mass is 652 g/mol. The molecule has 10 rings (SSSR count). The first-order chi connectivity index (χ1) is 24.8. The van der Waals surface area contributed by atoms with Crippen molar-refractivity contribution in [3.8, 4) is 0 Å². The Bertz CT molecular complexity index is 2290. The number of furan rings is 1. The van der Waals surface area contributed by atoms with Gasteiger partial charge in [-0.3, -0.25) is 0 Å². The van der Waals surface area contributed by atoms with Crippen LogP contribution in [0.25, 0.3) is 21.9 Å². The van der Waals surface area contributed by atoms with Crippen molar-refractivity contribution in [3.05, 3.63) is 162 Å². The van der Waals surface area contributed by atoms with Gasteiger partial charge in [-0.25, -0.2) is 9.98 Å². The first-order valence-corrected chi connectivity index (χ1v) is 18.3. The van der Waals surface area contributed by atoms with Gasteiger partial charge < -0.3 is 14.6 Å². The first-order valence-electron chi connectivity index (χ1n) is 18.3. The molecule has 6 aliphatic rings. The second kappa shape index (κ2) is 12.2. The molecule has 0 saturated carbocycles. The van der Waals surface area contributed by atoms with Crippen LogP contribution in [0, 0.1) is 11.8 Å². The summed E-state index contributed by atoms with van der Waals surface area (Å²) in [6.07, 6.45) is 31.7. The highest BCUT2D eigenvalue weighted by Gasteiger charge is 2.40. The third kappa shape index (κ3) is 4.90. The van der Waals surface area contributed by atoms with Gasteiger partial charge in [-0.2, -0.15) is 0 Å². The van der Waals surface area contributed by atoms with Gasteiger partial charge in [-0.15, -0.1) is 0 Å². The Morgan fingerprint density at radius 2 is 1.70 bits per heavy atom. The minimum atomic E-state index is -0.181. The molecule has 0 radical (unpaired) electrons. The Kier molecular flexibility index (Phi) is 7.18. The van der Waals surface area contributed by atoms with E-state index in [2.05, 4.69) is 144 Å². The van der Waals surface area contributed by atoms with E-state index in [1.165, 1.54) is 23.3 Å². The molecule has 4 aliphatic carbocycles. The highest BCUT2D eigenvalue weighted by atomic mass is 16.3. The lowest BCUT2D eigenvalue weighted by Crippen LogP contribution is -2.40. The van der Waals surface area contributed by atoms with Gasteiger partial charge >= 0.3 is 0 Å². The van der Waals surface area contributed by atoms with Gasteiger partial charge in [0.2, 0.25) is 0 Å². The van der Waals surface area contributed by atoms with Gasteiger partial charge in [-0.05, 0) is 67.9 Å². The topological polar surface area (TPSA) is 53.1 Å². The first kappa shape index (κ1) is 29.5. The van der Waals surface area contributed by atoms with Crippen LogP contribution in [0.4, 0.5) is 5.69 Å². The molecule has 0 bridgehead atoms. The molecule has 5 atom stereocenters. The lowest BCUT2D eigenvalue weighted by Gasteiger charge is -2.30. The van der Waals surface area contributed by atoms with Crippen LogP contribution >= 0.6 is 0 Å². The van der Waals surface area contributed by atoms with E-state index in [4.69, 9.17) is 14.4 Å². The number of aliphatic imine (C=N–C) groups is 2. The van der Waals surface area contributed by atoms with E-state index in [-0.39, 0.29) is 18.1 Å². The van der Waals surface area contributed by atoms with E-state index < -0.39 is 0 Å². The lowest BCUT2D eigenvalue weighted by atomic mass is 9.87. The summed E-state index contributed by atoms with van der Waals surface area (Å²) in [5.41, 5.74) is 9.29. The zero-order valence-corrected chi connectivity index (χ0v) is 28.1. The standard InChI is InChI=1S/C45H40N4O/c1-3-13-29(14-4-1)30-25-27-32(28-26-30)44-46-43(31-15-5-2-6-16-31)47-45(48-44)36-20-12-24-40-41(36)35-19-11-23-39(42(35)50-40)49-37-21-9-7-17-33(37)34-18-8-10-22-38(34)49/h1,3-5,7,9-15,17,19-25,27-28,30-31,33,37,43H,2,6,8,16,18,26H2,(H,46,47,48). The molecule has 5 unspecified atom stereocenters. The maximum absolute atomic E-state index is 6.85. The number of allylic oxidation sites excluding steroid dienone is 7. The summed E-state index contributed by atoms with van der Waals surface area (Å²) in [5, 5.41) is 5.93. The van der Waals surface area contributed by atoms with E-state index in [9.17, 15) is 0 Å². The van der Waals surface area contributed by atoms with Crippen LogP contribution in [0.3, 0.4) is 0 Å². The van der Waals surface area contributed by atoms with Crippen LogP contribution < -0.4 is 10.2 Å². The molecule has 0 spiro atoms. The van der Waals surface area contributed by atoms with Gasteiger partial charge in [0, 0.05) is 45.4 Å². The fourth-order valence-corrected chi connectivity index (χ4v) is 8.85. The van der Waals surface area contributed by atoms with E-state index in [1.54, 1.807) is 0 Å². The number of para-hydroxylation sites is 1. The van der Waals surface area contributed by atoms with E-state index in [0.717, 1.165) is 82.5 Å². The number of fused-ring (bicyclic) bond motifs is 5. The normalized spacial score (nSPS) is 26.9. The molecule has 1 N–H and O–H groups in total. The molecule has 50 heavy (non-hydrogen) atoms. The van der Waals surface area contributed by atoms with Crippen LogP contribution in [0.2, 0.25) is 0 Å². The third-order valence-corrected chi connectivity index (χ3v) is 11.3. The van der Waals surface area contributed by atoms with Gasteiger partial charge in [0.1, 0.15) is 17.3 Å². The van der Waals surface area contributed by atoms with Crippen LogP contribution in [0.1, 0.15) is 55.6 Å². The molecule has 4 aromatic rings. The van der Waals surface area contributed by atoms with Crippen molar-refractivity contribution in [2.45, 2.75) is 56.7 Å². The zero-order chi connectivity index (χ0) is 33.0. The van der Waals surface area contributed by atoms with Crippen LogP contribution in [0.5, 0.6) is 0 Å². The molecule has 3 heterocycles. The number of nitrogens with zero attached hydrogens (tertiary/aromatic N) is 3. The van der Waals surface area contributed by atoms with Crippen LogP contribution in [-0.2, 0) is 0 Å². The van der Waals surface area contributed by atoms with Gasteiger partial charge in [0.05, 0.1) is 11.7 Å². The van der Waals surface area contributed by atoms with Crippen LogP contribution in [0.15, 0.2) is 165 Å². The van der Waals surface area contributed by atoms with Crippen molar-refractivity contribution >= 4 is 39.3 Å². The zero-order valence-electron chi connectivity index (χ0n) is 28.1. The molecular formula is C45H40N4O. The molecule has 3 aromatic carbocycles. The number of hydrogen-bond acceptors (Lipinski definition) is 5. The molecule has 0 fully saturated rings. The highest BCUT2D eigenvalue weighted by Crippen LogP contribution is 2.48. The fraction of sp³-hybridized carbons (Fsp3) is 0.244. The second-order valence-corrected chi connectivity index (χ2v) is 14.2. The smallest absolute Gasteiger partial charge is 0.159 e. The Labute approximate surface area is 293 Å². The molecule has 0 amide bonds. The summed E-state index contributed by atoms with van der Waals surface area (Å²) in [4.78, 5) is 13.1. The maximum Gasteiger partial charge on any atom is 0.159 e. The van der Waals surface area contributed by atoms with Gasteiger partial charge in [0.15, 0.2) is 11.7 Å². The number of benzene rings is 3. The quantitative estimate of drug-likeness (QED) is 0.218. The Balaban J connectivity index is 1.06. The molecule has 2 aliphatic heterocycles. The van der Waals surface area contributed by atoms with E-state index in [0.29, 0.717) is 11.8 Å². The third-order valence-electron chi connectivity index (χ3n) is 11.3. The Morgan fingerprint density at radius 3 is 2.58 bits per heavy atom. The molecule has 5 nitrogen and oxygen atoms in total. The van der Waals surface area contributed by atoms with Crippen molar-refractivity contribution in [2.24, 2.45) is 21.8 Å². The maximum atomic E-state index is 6.85. The predicted octanol–water partition coefficient (Wildman–Crippen LogP) is 10.2. The second-order valence-electron chi connectivity index (χ2n) is 14.2. The number of nitrogens with one attached hydrogen (secondary N) is 1. The number of anilines is 1. The van der Waals surface area contributed by atoms with Crippen molar-refractivity contribution in [1.82, 2.24) is 5.32 Å². The fourth-order valence-electron chi connectivity index (χ4n) is 8.85. The molecular weight excluding hydrogens is 613 g/mol. The van der Waals surface area contributed by atoms with Gasteiger partial charge in [-0.1, -0.05) is 115 Å². The van der Waals surface area contributed by atoms with Gasteiger partial charge in [0.25, 0.3) is 0 Å².